The third-order valence-corrected chi connectivity index (χ3v) is 4.34. The van der Waals surface area contributed by atoms with Gasteiger partial charge in [0.2, 0.25) is 0 Å². The maximum Gasteiger partial charge on any atom is 0.317 e. The predicted octanol–water partition coefficient (Wildman–Crippen LogP) is 1.06. The van der Waals surface area contributed by atoms with Crippen LogP contribution in [0.1, 0.15) is 33.1 Å². The van der Waals surface area contributed by atoms with E-state index in [1.807, 2.05) is 13.8 Å². The number of carbonyl (C=O) groups excluding carboxylic acids is 1. The molecule has 0 bridgehead atoms. The van der Waals surface area contributed by atoms with Crippen molar-refractivity contribution >= 4 is 12.0 Å². The van der Waals surface area contributed by atoms with Gasteiger partial charge in [0.15, 0.2) is 0 Å². The first-order valence-electron chi connectivity index (χ1n) is 6.84. The molecule has 6 nitrogen and oxygen atoms in total. The molecule has 108 valence electrons. The quantitative estimate of drug-likeness (QED) is 0.786. The Morgan fingerprint density at radius 2 is 2.21 bits per heavy atom. The summed E-state index contributed by atoms with van der Waals surface area (Å²) in [5, 5.41) is 12.0. The number of carboxylic acids is 1. The largest absolute Gasteiger partial charge is 0.481 e. The lowest BCUT2D eigenvalue weighted by Gasteiger charge is -2.35. The lowest BCUT2D eigenvalue weighted by Crippen LogP contribution is -2.56. The Morgan fingerprint density at radius 3 is 2.79 bits per heavy atom. The van der Waals surface area contributed by atoms with Gasteiger partial charge in [0.1, 0.15) is 0 Å². The molecule has 2 heterocycles. The van der Waals surface area contributed by atoms with Crippen LogP contribution in [0.3, 0.4) is 0 Å². The van der Waals surface area contributed by atoms with Gasteiger partial charge in [-0.1, -0.05) is 0 Å². The topological polar surface area (TPSA) is 78.9 Å². The second-order valence-electron chi connectivity index (χ2n) is 5.73. The van der Waals surface area contributed by atoms with Crippen molar-refractivity contribution in [2.45, 2.75) is 44.8 Å². The van der Waals surface area contributed by atoms with Crippen molar-refractivity contribution < 1.29 is 19.4 Å². The van der Waals surface area contributed by atoms with Crippen molar-refractivity contribution in [2.75, 3.05) is 19.7 Å². The van der Waals surface area contributed by atoms with Crippen molar-refractivity contribution in [1.82, 2.24) is 10.2 Å². The number of nitrogens with zero attached hydrogens (tertiary/aromatic N) is 1. The molecule has 0 aliphatic carbocycles. The van der Waals surface area contributed by atoms with Crippen molar-refractivity contribution in [1.29, 1.82) is 0 Å². The van der Waals surface area contributed by atoms with Gasteiger partial charge in [-0.15, -0.1) is 0 Å². The minimum absolute atomic E-state index is 0.0171. The molecule has 0 saturated carbocycles. The molecular weight excluding hydrogens is 248 g/mol. The first-order chi connectivity index (χ1) is 8.92. The molecule has 2 fully saturated rings. The third kappa shape index (κ3) is 3.00. The van der Waals surface area contributed by atoms with Crippen LogP contribution >= 0.6 is 0 Å². The van der Waals surface area contributed by atoms with Crippen molar-refractivity contribution in [3.05, 3.63) is 0 Å². The Kier molecular flexibility index (Phi) is 3.99. The number of aliphatic carboxylic acids is 1. The van der Waals surface area contributed by atoms with E-state index in [4.69, 9.17) is 9.84 Å². The van der Waals surface area contributed by atoms with Crippen LogP contribution < -0.4 is 5.32 Å². The van der Waals surface area contributed by atoms with Crippen molar-refractivity contribution in [2.24, 2.45) is 5.92 Å². The summed E-state index contributed by atoms with van der Waals surface area (Å²) in [5.41, 5.74) is -0.354. The Labute approximate surface area is 113 Å². The van der Waals surface area contributed by atoms with Crippen LogP contribution in [0.25, 0.3) is 0 Å². The van der Waals surface area contributed by atoms with Crippen LogP contribution in [0.5, 0.6) is 0 Å². The number of likely N-dealkylation sites (tertiary alicyclic amines) is 1. The number of carboxylic acid groups (broad SMARTS) is 1. The van der Waals surface area contributed by atoms with E-state index in [1.165, 1.54) is 0 Å². The SMILES string of the molecule is CC1OCCC1(C)NC(=O)N1CCC[C@@H](C(=O)O)C1. The number of rotatable bonds is 2. The number of urea groups is 1. The molecule has 2 unspecified atom stereocenters. The van der Waals surface area contributed by atoms with E-state index in [2.05, 4.69) is 5.32 Å². The van der Waals surface area contributed by atoms with Gasteiger partial charge in [0, 0.05) is 19.7 Å². The number of hydrogen-bond acceptors (Lipinski definition) is 3. The van der Waals surface area contributed by atoms with Gasteiger partial charge in [-0.2, -0.15) is 0 Å². The molecule has 2 amide bonds. The summed E-state index contributed by atoms with van der Waals surface area (Å²) in [6, 6.07) is -0.175. The molecule has 0 spiro atoms. The van der Waals surface area contributed by atoms with E-state index in [9.17, 15) is 9.59 Å². The highest BCUT2D eigenvalue weighted by Crippen LogP contribution is 2.26. The average molecular weight is 270 g/mol. The molecule has 3 atom stereocenters. The minimum atomic E-state index is -0.818. The van der Waals surface area contributed by atoms with Crippen LogP contribution in [0, 0.1) is 5.92 Å². The number of amides is 2. The normalized spacial score (nSPS) is 35.2. The second-order valence-corrected chi connectivity index (χ2v) is 5.73. The first kappa shape index (κ1) is 14.1. The average Bonchev–Trinajstić information content (AvgIpc) is 2.69. The van der Waals surface area contributed by atoms with E-state index < -0.39 is 11.9 Å². The summed E-state index contributed by atoms with van der Waals surface area (Å²) in [6.45, 7) is 5.49. The second kappa shape index (κ2) is 5.36. The summed E-state index contributed by atoms with van der Waals surface area (Å²) >= 11 is 0. The summed E-state index contributed by atoms with van der Waals surface area (Å²) in [5.74, 6) is -1.26. The fourth-order valence-corrected chi connectivity index (χ4v) is 2.69. The highest BCUT2D eigenvalue weighted by Gasteiger charge is 2.40. The predicted molar refractivity (Wildman–Crippen MR) is 68.9 cm³/mol. The maximum atomic E-state index is 12.2. The molecule has 2 saturated heterocycles. The molecule has 2 rings (SSSR count). The molecule has 0 aromatic heterocycles. The highest BCUT2D eigenvalue weighted by molar-refractivity contribution is 5.77. The van der Waals surface area contributed by atoms with E-state index in [1.54, 1.807) is 4.90 Å². The van der Waals surface area contributed by atoms with Crippen LogP contribution in [0.2, 0.25) is 0 Å². The van der Waals surface area contributed by atoms with Crippen molar-refractivity contribution in [3.63, 3.8) is 0 Å². The first-order valence-corrected chi connectivity index (χ1v) is 6.84. The standard InChI is InChI=1S/C13H22N2O4/c1-9-13(2,5-7-19-9)14-12(18)15-6-3-4-10(8-15)11(16)17/h9-10H,3-8H2,1-2H3,(H,14,18)(H,16,17)/t9?,10-,13?/m1/s1. The summed E-state index contributed by atoms with van der Waals surface area (Å²) in [6.07, 6.45) is 2.16. The number of piperidine rings is 1. The molecular formula is C13H22N2O4. The van der Waals surface area contributed by atoms with Gasteiger partial charge < -0.3 is 20.1 Å². The summed E-state index contributed by atoms with van der Waals surface area (Å²) in [4.78, 5) is 24.9. The van der Waals surface area contributed by atoms with Gasteiger partial charge in [0.25, 0.3) is 0 Å². The van der Waals surface area contributed by atoms with Crippen LogP contribution in [0.4, 0.5) is 4.79 Å². The van der Waals surface area contributed by atoms with Gasteiger partial charge in [-0.3, -0.25) is 4.79 Å². The van der Waals surface area contributed by atoms with E-state index in [-0.39, 0.29) is 17.7 Å². The fraction of sp³-hybridized carbons (Fsp3) is 0.846. The van der Waals surface area contributed by atoms with Gasteiger partial charge in [-0.25, -0.2) is 4.79 Å². The summed E-state index contributed by atoms with van der Waals surface area (Å²) in [7, 11) is 0. The zero-order valence-corrected chi connectivity index (χ0v) is 11.5. The van der Waals surface area contributed by atoms with Crippen LogP contribution in [-0.2, 0) is 9.53 Å². The molecule has 2 aliphatic rings. The molecule has 2 aliphatic heterocycles. The van der Waals surface area contributed by atoms with E-state index >= 15 is 0 Å². The summed E-state index contributed by atoms with van der Waals surface area (Å²) < 4.78 is 5.49. The number of nitrogens with one attached hydrogen (secondary N) is 1. The molecule has 19 heavy (non-hydrogen) atoms. The lowest BCUT2D eigenvalue weighted by molar-refractivity contribution is -0.143. The monoisotopic (exact) mass is 270 g/mol. The number of ether oxygens (including phenoxy) is 1. The molecule has 2 N–H and O–H groups in total. The highest BCUT2D eigenvalue weighted by atomic mass is 16.5. The minimum Gasteiger partial charge on any atom is -0.481 e. The molecule has 0 radical (unpaired) electrons. The van der Waals surface area contributed by atoms with E-state index in [0.717, 1.165) is 12.8 Å². The molecule has 0 aromatic carbocycles. The van der Waals surface area contributed by atoms with Gasteiger partial charge in [0.05, 0.1) is 17.6 Å². The Hall–Kier alpha value is -1.30. The Morgan fingerprint density at radius 1 is 1.47 bits per heavy atom. The Balaban J connectivity index is 1.94. The maximum absolute atomic E-state index is 12.2. The fourth-order valence-electron chi connectivity index (χ4n) is 2.69. The smallest absolute Gasteiger partial charge is 0.317 e. The number of carbonyl (C=O) groups is 2. The zero-order valence-electron chi connectivity index (χ0n) is 11.5. The Bertz CT molecular complexity index is 374. The lowest BCUT2D eigenvalue weighted by atomic mass is 9.94. The number of hydrogen-bond donors (Lipinski definition) is 2. The zero-order chi connectivity index (χ0) is 14.0. The molecule has 6 heteroatoms. The van der Waals surface area contributed by atoms with Gasteiger partial charge in [-0.05, 0) is 33.1 Å². The van der Waals surface area contributed by atoms with Crippen LogP contribution in [-0.4, -0.2) is 53.3 Å². The third-order valence-electron chi connectivity index (χ3n) is 4.34. The van der Waals surface area contributed by atoms with Crippen molar-refractivity contribution in [3.8, 4) is 0 Å². The molecule has 0 aromatic rings. The van der Waals surface area contributed by atoms with Crippen LogP contribution in [0.15, 0.2) is 0 Å². The van der Waals surface area contributed by atoms with Gasteiger partial charge >= 0.3 is 12.0 Å². The van der Waals surface area contributed by atoms with E-state index in [0.29, 0.717) is 26.1 Å².